The predicted octanol–water partition coefficient (Wildman–Crippen LogP) is 3.23. The number of fused-ring (bicyclic) bond motifs is 1. The van der Waals surface area contributed by atoms with Crippen molar-refractivity contribution in [2.24, 2.45) is 4.99 Å². The molecule has 0 aliphatic carbocycles. The van der Waals surface area contributed by atoms with Crippen LogP contribution in [0.3, 0.4) is 0 Å². The van der Waals surface area contributed by atoms with Crippen molar-refractivity contribution < 1.29 is 13.9 Å². The van der Waals surface area contributed by atoms with Crippen molar-refractivity contribution in [1.29, 1.82) is 0 Å². The number of benzene rings is 2. The number of halogens is 1. The van der Waals surface area contributed by atoms with Gasteiger partial charge in [-0.05, 0) is 38.1 Å². The van der Waals surface area contributed by atoms with Crippen LogP contribution in [-0.2, 0) is 4.79 Å². The first kappa shape index (κ1) is 19.7. The maximum Gasteiger partial charge on any atom is 0.243 e. The van der Waals surface area contributed by atoms with Gasteiger partial charge in [0.15, 0.2) is 5.96 Å². The molecular weight excluding hydrogens is 359 g/mol. The van der Waals surface area contributed by atoms with Gasteiger partial charge in [-0.25, -0.2) is 4.39 Å². The third kappa shape index (κ3) is 5.00. The van der Waals surface area contributed by atoms with E-state index in [1.165, 1.54) is 12.1 Å². The van der Waals surface area contributed by atoms with Crippen molar-refractivity contribution in [2.75, 3.05) is 18.9 Å². The number of hydrogen-bond donors (Lipinski definition) is 3. The summed E-state index contributed by atoms with van der Waals surface area (Å²) in [7, 11) is 1.65. The molecule has 7 heteroatoms. The molecule has 1 aliphatic heterocycles. The van der Waals surface area contributed by atoms with E-state index in [4.69, 9.17) is 4.74 Å². The van der Waals surface area contributed by atoms with Crippen LogP contribution in [0, 0.1) is 5.82 Å². The molecule has 3 N–H and O–H groups in total. The first-order valence-electron chi connectivity index (χ1n) is 9.17. The van der Waals surface area contributed by atoms with Gasteiger partial charge in [-0.15, -0.1) is 0 Å². The molecule has 0 aromatic heterocycles. The molecule has 0 fully saturated rings. The van der Waals surface area contributed by atoms with Crippen molar-refractivity contribution in [3.63, 3.8) is 0 Å². The Morgan fingerprint density at radius 1 is 1.25 bits per heavy atom. The van der Waals surface area contributed by atoms with Crippen LogP contribution >= 0.6 is 0 Å². The zero-order chi connectivity index (χ0) is 20.1. The molecule has 1 amide bonds. The summed E-state index contributed by atoms with van der Waals surface area (Å²) < 4.78 is 19.3. The molecule has 1 atom stereocenters. The van der Waals surface area contributed by atoms with Gasteiger partial charge in [0.25, 0.3) is 0 Å². The second kappa shape index (κ2) is 8.29. The van der Waals surface area contributed by atoms with Gasteiger partial charge in [0.1, 0.15) is 17.2 Å². The molecule has 0 radical (unpaired) electrons. The molecule has 2 aromatic carbocycles. The van der Waals surface area contributed by atoms with E-state index in [-0.39, 0.29) is 24.1 Å². The highest BCUT2D eigenvalue weighted by Crippen LogP contribution is 2.39. The van der Waals surface area contributed by atoms with Gasteiger partial charge in [-0.1, -0.05) is 24.3 Å². The lowest BCUT2D eigenvalue weighted by Crippen LogP contribution is -2.46. The van der Waals surface area contributed by atoms with Gasteiger partial charge in [0.05, 0.1) is 12.6 Å². The third-order valence-corrected chi connectivity index (χ3v) is 4.44. The number of amides is 1. The van der Waals surface area contributed by atoms with Crippen LogP contribution in [0.1, 0.15) is 31.9 Å². The standard InChI is InChI=1S/C21H25FN4O2/c1-21(2)12-17(16-9-4-5-10-18(16)28-21)26-20(23-3)24-13-19(27)25-15-8-6-7-14(22)11-15/h4-11,17H,12-13H2,1-3H3,(H,25,27)(H2,23,24,26). The highest BCUT2D eigenvalue weighted by molar-refractivity contribution is 5.95. The van der Waals surface area contributed by atoms with Crippen LogP contribution < -0.4 is 20.7 Å². The third-order valence-electron chi connectivity index (χ3n) is 4.44. The minimum absolute atomic E-state index is 0.00238. The summed E-state index contributed by atoms with van der Waals surface area (Å²) in [4.78, 5) is 16.3. The van der Waals surface area contributed by atoms with Gasteiger partial charge in [0, 0.05) is 24.7 Å². The number of hydrogen-bond acceptors (Lipinski definition) is 3. The first-order valence-corrected chi connectivity index (χ1v) is 9.17. The smallest absolute Gasteiger partial charge is 0.243 e. The summed E-state index contributed by atoms with van der Waals surface area (Å²) in [5, 5.41) is 9.02. The van der Waals surface area contributed by atoms with Crippen molar-refractivity contribution >= 4 is 17.6 Å². The Kier molecular flexibility index (Phi) is 5.82. The maximum atomic E-state index is 13.2. The summed E-state index contributed by atoms with van der Waals surface area (Å²) in [6, 6.07) is 13.7. The highest BCUT2D eigenvalue weighted by Gasteiger charge is 2.33. The van der Waals surface area contributed by atoms with Crippen molar-refractivity contribution in [1.82, 2.24) is 10.6 Å². The fourth-order valence-electron chi connectivity index (χ4n) is 3.23. The Morgan fingerprint density at radius 3 is 2.79 bits per heavy atom. The van der Waals surface area contributed by atoms with Gasteiger partial charge < -0.3 is 20.7 Å². The van der Waals surface area contributed by atoms with E-state index in [0.717, 1.165) is 17.7 Å². The number of anilines is 1. The second-order valence-electron chi connectivity index (χ2n) is 7.28. The molecule has 0 saturated heterocycles. The summed E-state index contributed by atoms with van der Waals surface area (Å²) >= 11 is 0. The van der Waals surface area contributed by atoms with E-state index in [1.54, 1.807) is 19.2 Å². The van der Waals surface area contributed by atoms with Crippen LogP contribution in [-0.4, -0.2) is 31.1 Å². The molecule has 3 rings (SSSR count). The molecule has 0 saturated carbocycles. The Morgan fingerprint density at radius 2 is 2.04 bits per heavy atom. The number of ether oxygens (including phenoxy) is 1. The maximum absolute atomic E-state index is 13.2. The average molecular weight is 384 g/mol. The van der Waals surface area contributed by atoms with Gasteiger partial charge in [-0.2, -0.15) is 0 Å². The van der Waals surface area contributed by atoms with E-state index in [9.17, 15) is 9.18 Å². The lowest BCUT2D eigenvalue weighted by atomic mass is 9.90. The summed E-state index contributed by atoms with van der Waals surface area (Å²) in [5.41, 5.74) is 1.14. The van der Waals surface area contributed by atoms with Crippen LogP contribution in [0.25, 0.3) is 0 Å². The number of nitrogens with zero attached hydrogens (tertiary/aromatic N) is 1. The molecular formula is C21H25FN4O2. The molecule has 0 bridgehead atoms. The van der Waals surface area contributed by atoms with E-state index in [0.29, 0.717) is 11.6 Å². The first-order chi connectivity index (χ1) is 13.4. The van der Waals surface area contributed by atoms with Crippen molar-refractivity contribution in [3.8, 4) is 5.75 Å². The van der Waals surface area contributed by atoms with Crippen molar-refractivity contribution in [3.05, 3.63) is 59.9 Å². The van der Waals surface area contributed by atoms with Crippen LogP contribution in [0.15, 0.2) is 53.5 Å². The van der Waals surface area contributed by atoms with Crippen LogP contribution in [0.4, 0.5) is 10.1 Å². The average Bonchev–Trinajstić information content (AvgIpc) is 2.64. The zero-order valence-electron chi connectivity index (χ0n) is 16.3. The Balaban J connectivity index is 1.61. The molecule has 1 unspecified atom stereocenters. The summed E-state index contributed by atoms with van der Waals surface area (Å²) in [5.74, 6) is 0.660. The Labute approximate surface area is 164 Å². The second-order valence-corrected chi connectivity index (χ2v) is 7.28. The quantitative estimate of drug-likeness (QED) is 0.559. The normalized spacial score (nSPS) is 17.9. The number of aliphatic imine (C=N–C) groups is 1. The fourth-order valence-corrected chi connectivity index (χ4v) is 3.23. The molecule has 6 nitrogen and oxygen atoms in total. The molecule has 1 aliphatic rings. The minimum Gasteiger partial charge on any atom is -0.487 e. The van der Waals surface area contributed by atoms with Gasteiger partial charge in [-0.3, -0.25) is 9.79 Å². The monoisotopic (exact) mass is 384 g/mol. The predicted molar refractivity (Wildman–Crippen MR) is 108 cm³/mol. The van der Waals surface area contributed by atoms with Crippen LogP contribution in [0.5, 0.6) is 5.75 Å². The summed E-state index contributed by atoms with van der Waals surface area (Å²) in [6.45, 7) is 4.09. The SMILES string of the molecule is CN=C(NCC(=O)Nc1cccc(F)c1)NC1CC(C)(C)Oc2ccccc21. The van der Waals surface area contributed by atoms with E-state index < -0.39 is 5.82 Å². The van der Waals surface area contributed by atoms with Crippen molar-refractivity contribution in [2.45, 2.75) is 31.9 Å². The fraction of sp³-hybridized carbons (Fsp3) is 0.333. The largest absolute Gasteiger partial charge is 0.487 e. The highest BCUT2D eigenvalue weighted by atomic mass is 19.1. The number of carbonyl (C=O) groups excluding carboxylic acids is 1. The molecule has 2 aromatic rings. The van der Waals surface area contributed by atoms with Gasteiger partial charge in [0.2, 0.25) is 5.91 Å². The molecule has 0 spiro atoms. The lowest BCUT2D eigenvalue weighted by Gasteiger charge is -2.38. The van der Waals surface area contributed by atoms with E-state index in [2.05, 4.69) is 20.9 Å². The topological polar surface area (TPSA) is 74.8 Å². The van der Waals surface area contributed by atoms with E-state index in [1.807, 2.05) is 38.1 Å². The number of carbonyl (C=O) groups is 1. The minimum atomic E-state index is -0.399. The number of rotatable bonds is 4. The van der Waals surface area contributed by atoms with Crippen LogP contribution in [0.2, 0.25) is 0 Å². The molecule has 28 heavy (non-hydrogen) atoms. The molecule has 1 heterocycles. The summed E-state index contributed by atoms with van der Waals surface area (Å²) in [6.07, 6.45) is 0.750. The number of guanidine groups is 1. The van der Waals surface area contributed by atoms with E-state index >= 15 is 0 Å². The zero-order valence-corrected chi connectivity index (χ0v) is 16.3. The molecule has 148 valence electrons. The van der Waals surface area contributed by atoms with Gasteiger partial charge >= 0.3 is 0 Å². The number of para-hydroxylation sites is 1. The lowest BCUT2D eigenvalue weighted by molar-refractivity contribution is -0.115. The Bertz CT molecular complexity index is 882. The Hall–Kier alpha value is -3.09. The number of nitrogens with one attached hydrogen (secondary N) is 3.